The van der Waals surface area contributed by atoms with Gasteiger partial charge in [0.25, 0.3) is 5.91 Å². The van der Waals surface area contributed by atoms with E-state index in [9.17, 15) is 9.59 Å². The average Bonchev–Trinajstić information content (AvgIpc) is 3.72. The average molecular weight is 489 g/mol. The van der Waals surface area contributed by atoms with Crippen molar-refractivity contribution >= 4 is 34.3 Å². The van der Waals surface area contributed by atoms with Crippen molar-refractivity contribution < 1.29 is 19.1 Å². The molecule has 0 spiro atoms. The standard InChI is InChI=1S/C28H32N4O4/c1-16(17-2-3-17)36-28(34)31-20-6-4-18(5-7-20)27-26(29)23-13-12-22(14-24(23)32(27)21-10-11-21)35-15-25(33)30-19-8-9-19/h4-7,12-14,16-17,19,21H,2-3,8-11,15,29H2,1H3,(H,30,33)(H,31,34). The summed E-state index contributed by atoms with van der Waals surface area (Å²) in [5, 5.41) is 6.73. The number of rotatable bonds is 9. The van der Waals surface area contributed by atoms with E-state index in [1.54, 1.807) is 0 Å². The molecule has 8 heteroatoms. The molecule has 8 nitrogen and oxygen atoms in total. The summed E-state index contributed by atoms with van der Waals surface area (Å²) in [5.41, 5.74) is 11.0. The zero-order valence-electron chi connectivity index (χ0n) is 20.5. The molecule has 3 aliphatic rings. The molecule has 36 heavy (non-hydrogen) atoms. The van der Waals surface area contributed by atoms with E-state index in [1.807, 2.05) is 49.4 Å². The van der Waals surface area contributed by atoms with Crippen LogP contribution >= 0.6 is 0 Å². The van der Waals surface area contributed by atoms with Crippen LogP contribution in [0.25, 0.3) is 22.2 Å². The number of aromatic nitrogens is 1. The molecule has 3 fully saturated rings. The van der Waals surface area contributed by atoms with Gasteiger partial charge in [-0.2, -0.15) is 0 Å². The fourth-order valence-electron chi connectivity index (χ4n) is 4.75. The van der Waals surface area contributed by atoms with Crippen molar-refractivity contribution in [2.24, 2.45) is 5.92 Å². The van der Waals surface area contributed by atoms with Crippen LogP contribution in [-0.4, -0.2) is 35.3 Å². The lowest BCUT2D eigenvalue weighted by atomic mass is 10.1. The number of amides is 2. The predicted octanol–water partition coefficient (Wildman–Crippen LogP) is 5.23. The summed E-state index contributed by atoms with van der Waals surface area (Å²) >= 11 is 0. The Morgan fingerprint density at radius 3 is 2.47 bits per heavy atom. The van der Waals surface area contributed by atoms with Gasteiger partial charge >= 0.3 is 6.09 Å². The highest BCUT2D eigenvalue weighted by Gasteiger charge is 2.31. The highest BCUT2D eigenvalue weighted by molar-refractivity contribution is 6.02. The van der Waals surface area contributed by atoms with Crippen LogP contribution in [0.3, 0.4) is 0 Å². The van der Waals surface area contributed by atoms with Crippen LogP contribution in [0, 0.1) is 5.92 Å². The minimum Gasteiger partial charge on any atom is -0.484 e. The maximum absolute atomic E-state index is 12.2. The highest BCUT2D eigenvalue weighted by atomic mass is 16.6. The first kappa shape index (κ1) is 22.8. The number of ether oxygens (including phenoxy) is 2. The minimum atomic E-state index is -0.424. The summed E-state index contributed by atoms with van der Waals surface area (Å²) in [7, 11) is 0. The molecular formula is C28H32N4O4. The zero-order chi connectivity index (χ0) is 24.8. The molecule has 1 atom stereocenters. The Morgan fingerprint density at radius 1 is 1.06 bits per heavy atom. The first-order chi connectivity index (χ1) is 17.5. The second-order valence-electron chi connectivity index (χ2n) is 10.3. The number of nitrogen functional groups attached to an aromatic ring is 1. The van der Waals surface area contributed by atoms with Crippen molar-refractivity contribution in [2.75, 3.05) is 17.7 Å². The maximum atomic E-state index is 12.2. The molecule has 3 saturated carbocycles. The van der Waals surface area contributed by atoms with Gasteiger partial charge in [-0.05, 0) is 75.6 Å². The van der Waals surface area contributed by atoms with Crippen LogP contribution in [0.2, 0.25) is 0 Å². The molecule has 0 bridgehead atoms. The molecule has 4 N–H and O–H groups in total. The van der Waals surface area contributed by atoms with Crippen LogP contribution in [-0.2, 0) is 9.53 Å². The van der Waals surface area contributed by atoms with E-state index >= 15 is 0 Å². The lowest BCUT2D eigenvalue weighted by Crippen LogP contribution is -2.30. The molecule has 1 unspecified atom stereocenters. The second kappa shape index (κ2) is 9.08. The highest BCUT2D eigenvalue weighted by Crippen LogP contribution is 2.46. The molecular weight excluding hydrogens is 456 g/mol. The summed E-state index contributed by atoms with van der Waals surface area (Å²) in [5.74, 6) is 1.06. The largest absolute Gasteiger partial charge is 0.484 e. The maximum Gasteiger partial charge on any atom is 0.411 e. The van der Waals surface area contributed by atoms with E-state index in [1.165, 1.54) is 0 Å². The van der Waals surface area contributed by atoms with Gasteiger partial charge in [0.1, 0.15) is 11.9 Å². The molecule has 0 radical (unpaired) electrons. The van der Waals surface area contributed by atoms with Crippen molar-refractivity contribution in [2.45, 2.75) is 63.6 Å². The smallest absolute Gasteiger partial charge is 0.411 e. The molecule has 1 heterocycles. The van der Waals surface area contributed by atoms with E-state index in [2.05, 4.69) is 15.2 Å². The van der Waals surface area contributed by atoms with Gasteiger partial charge in [0.15, 0.2) is 6.61 Å². The lowest BCUT2D eigenvalue weighted by molar-refractivity contribution is -0.123. The van der Waals surface area contributed by atoms with E-state index in [4.69, 9.17) is 15.2 Å². The van der Waals surface area contributed by atoms with Crippen LogP contribution < -0.4 is 21.1 Å². The summed E-state index contributed by atoms with van der Waals surface area (Å²) in [6.45, 7) is 1.95. The first-order valence-corrected chi connectivity index (χ1v) is 12.9. The number of hydrogen-bond acceptors (Lipinski definition) is 5. The SMILES string of the molecule is CC(OC(=O)Nc1ccc(-c2c(N)c3ccc(OCC(=O)NC4CC4)cc3n2C2CC2)cc1)C1CC1. The second-order valence-corrected chi connectivity index (χ2v) is 10.3. The fraction of sp³-hybridized carbons (Fsp3) is 0.429. The third-order valence-electron chi connectivity index (χ3n) is 7.22. The summed E-state index contributed by atoms with van der Waals surface area (Å²) in [6, 6.07) is 14.2. The van der Waals surface area contributed by atoms with E-state index in [-0.39, 0.29) is 18.6 Å². The molecule has 3 aromatic rings. The van der Waals surface area contributed by atoms with Gasteiger partial charge in [-0.25, -0.2) is 4.79 Å². The van der Waals surface area contributed by atoms with Crippen LogP contribution in [0.1, 0.15) is 51.5 Å². The van der Waals surface area contributed by atoms with Gasteiger partial charge in [0.2, 0.25) is 0 Å². The fourth-order valence-corrected chi connectivity index (χ4v) is 4.75. The Labute approximate surface area is 210 Å². The number of carbonyl (C=O) groups excluding carboxylic acids is 2. The Morgan fingerprint density at radius 2 is 1.81 bits per heavy atom. The molecule has 1 aromatic heterocycles. The van der Waals surface area contributed by atoms with Crippen LogP contribution in [0.15, 0.2) is 42.5 Å². The first-order valence-electron chi connectivity index (χ1n) is 12.9. The van der Waals surface area contributed by atoms with E-state index in [0.717, 1.165) is 60.7 Å². The molecule has 2 aromatic carbocycles. The van der Waals surface area contributed by atoms with Crippen molar-refractivity contribution in [1.29, 1.82) is 0 Å². The van der Waals surface area contributed by atoms with Crippen LogP contribution in [0.4, 0.5) is 16.2 Å². The third-order valence-corrected chi connectivity index (χ3v) is 7.22. The number of hydrogen-bond donors (Lipinski definition) is 3. The monoisotopic (exact) mass is 488 g/mol. The van der Waals surface area contributed by atoms with Crippen molar-refractivity contribution in [3.63, 3.8) is 0 Å². The summed E-state index contributed by atoms with van der Waals surface area (Å²) in [6.07, 6.45) is 6.06. The van der Waals surface area contributed by atoms with Crippen molar-refractivity contribution in [3.05, 3.63) is 42.5 Å². The molecule has 188 valence electrons. The topological polar surface area (TPSA) is 108 Å². The van der Waals surface area contributed by atoms with Gasteiger partial charge in [0, 0.05) is 34.8 Å². The summed E-state index contributed by atoms with van der Waals surface area (Å²) < 4.78 is 13.5. The molecule has 0 saturated heterocycles. The quantitative estimate of drug-likeness (QED) is 0.382. The predicted molar refractivity (Wildman–Crippen MR) is 139 cm³/mol. The molecule has 6 rings (SSSR count). The normalized spacial score (nSPS) is 18.0. The summed E-state index contributed by atoms with van der Waals surface area (Å²) in [4.78, 5) is 24.3. The number of anilines is 2. The molecule has 0 aliphatic heterocycles. The van der Waals surface area contributed by atoms with Gasteiger partial charge in [-0.1, -0.05) is 12.1 Å². The Hall–Kier alpha value is -3.68. The zero-order valence-corrected chi connectivity index (χ0v) is 20.5. The number of nitrogens with two attached hydrogens (primary N) is 1. The van der Waals surface area contributed by atoms with Crippen molar-refractivity contribution in [1.82, 2.24) is 9.88 Å². The number of carbonyl (C=O) groups is 2. The Bertz CT molecular complexity index is 1300. The van der Waals surface area contributed by atoms with Gasteiger partial charge < -0.3 is 25.1 Å². The number of nitrogens with one attached hydrogen (secondary N) is 2. The Kier molecular flexibility index (Phi) is 5.74. The number of fused-ring (bicyclic) bond motifs is 1. The van der Waals surface area contributed by atoms with E-state index in [0.29, 0.717) is 35.1 Å². The number of nitrogens with zero attached hydrogens (tertiary/aromatic N) is 1. The van der Waals surface area contributed by atoms with Gasteiger partial charge in [0.05, 0.1) is 16.9 Å². The van der Waals surface area contributed by atoms with Gasteiger partial charge in [-0.3, -0.25) is 10.1 Å². The number of benzene rings is 2. The Balaban J connectivity index is 1.22. The van der Waals surface area contributed by atoms with E-state index < -0.39 is 6.09 Å². The van der Waals surface area contributed by atoms with Crippen molar-refractivity contribution in [3.8, 4) is 17.0 Å². The van der Waals surface area contributed by atoms with Gasteiger partial charge in [-0.15, -0.1) is 0 Å². The molecule has 3 aliphatic carbocycles. The third kappa shape index (κ3) is 4.85. The molecule has 2 amide bonds. The lowest BCUT2D eigenvalue weighted by Gasteiger charge is -2.14. The van der Waals surface area contributed by atoms with Crippen LogP contribution in [0.5, 0.6) is 5.75 Å². The minimum absolute atomic E-state index is 0.00478.